The minimum atomic E-state index is -0.0670. The molecule has 2 aromatic heterocycles. The number of hydrogen-bond acceptors (Lipinski definition) is 4. The van der Waals surface area contributed by atoms with Gasteiger partial charge in [-0.25, -0.2) is 15.0 Å². The molecular formula is C12H12N4O. The van der Waals surface area contributed by atoms with E-state index in [2.05, 4.69) is 19.9 Å². The van der Waals surface area contributed by atoms with Crippen LogP contribution < -0.4 is 5.56 Å². The van der Waals surface area contributed by atoms with Crippen LogP contribution in [-0.4, -0.2) is 19.9 Å². The summed E-state index contributed by atoms with van der Waals surface area (Å²) in [6.07, 6.45) is 5.20. The molecule has 2 heterocycles. The lowest BCUT2D eigenvalue weighted by Crippen LogP contribution is -2.15. The fourth-order valence-electron chi connectivity index (χ4n) is 1.90. The standard InChI is InChI=1S/C12H12N4O/c1-7-4-5-13-11(16-7)10-9(8-2-3-8)12(17)15-6-14-10/h4-6,8H,2-3H2,1H3,(H,14,15,17). The summed E-state index contributed by atoms with van der Waals surface area (Å²) < 4.78 is 0. The fraction of sp³-hybridized carbons (Fsp3) is 0.333. The van der Waals surface area contributed by atoms with Crippen molar-refractivity contribution in [2.24, 2.45) is 0 Å². The van der Waals surface area contributed by atoms with Gasteiger partial charge in [0, 0.05) is 17.5 Å². The summed E-state index contributed by atoms with van der Waals surface area (Å²) in [5.41, 5.74) is 2.17. The zero-order chi connectivity index (χ0) is 11.8. The average Bonchev–Trinajstić information content (AvgIpc) is 3.12. The minimum absolute atomic E-state index is 0.0670. The third-order valence-corrected chi connectivity index (χ3v) is 2.88. The van der Waals surface area contributed by atoms with E-state index in [0.717, 1.165) is 24.1 Å². The maximum Gasteiger partial charge on any atom is 0.254 e. The van der Waals surface area contributed by atoms with Gasteiger partial charge < -0.3 is 4.98 Å². The molecule has 0 bridgehead atoms. The van der Waals surface area contributed by atoms with Crippen LogP contribution in [-0.2, 0) is 0 Å². The van der Waals surface area contributed by atoms with Crippen LogP contribution >= 0.6 is 0 Å². The maximum absolute atomic E-state index is 11.8. The monoisotopic (exact) mass is 228 g/mol. The third-order valence-electron chi connectivity index (χ3n) is 2.88. The molecule has 0 amide bonds. The van der Waals surface area contributed by atoms with Crippen LogP contribution in [0.2, 0.25) is 0 Å². The summed E-state index contributed by atoms with van der Waals surface area (Å²) in [4.78, 5) is 27.2. The van der Waals surface area contributed by atoms with Gasteiger partial charge in [-0.15, -0.1) is 0 Å². The molecule has 1 aliphatic carbocycles. The van der Waals surface area contributed by atoms with Gasteiger partial charge in [0.15, 0.2) is 5.82 Å². The van der Waals surface area contributed by atoms with Crippen molar-refractivity contribution in [3.05, 3.63) is 40.2 Å². The van der Waals surface area contributed by atoms with Crippen molar-refractivity contribution in [2.45, 2.75) is 25.7 Å². The molecule has 17 heavy (non-hydrogen) atoms. The smallest absolute Gasteiger partial charge is 0.254 e. The SMILES string of the molecule is Cc1ccnc(-c2nc[nH]c(=O)c2C2CC2)n1. The van der Waals surface area contributed by atoms with E-state index in [1.165, 1.54) is 6.33 Å². The zero-order valence-electron chi connectivity index (χ0n) is 9.47. The van der Waals surface area contributed by atoms with E-state index in [9.17, 15) is 4.79 Å². The van der Waals surface area contributed by atoms with E-state index in [1.54, 1.807) is 6.20 Å². The lowest BCUT2D eigenvalue weighted by atomic mass is 10.1. The quantitative estimate of drug-likeness (QED) is 0.843. The largest absolute Gasteiger partial charge is 0.313 e. The Balaban J connectivity index is 2.20. The van der Waals surface area contributed by atoms with Gasteiger partial charge in [0.2, 0.25) is 0 Å². The van der Waals surface area contributed by atoms with Crippen molar-refractivity contribution in [3.8, 4) is 11.5 Å². The number of aromatic amines is 1. The van der Waals surface area contributed by atoms with Crippen LogP contribution in [0, 0.1) is 6.92 Å². The second kappa shape index (κ2) is 3.76. The molecular weight excluding hydrogens is 216 g/mol. The van der Waals surface area contributed by atoms with Crippen molar-refractivity contribution in [1.29, 1.82) is 0 Å². The first-order valence-electron chi connectivity index (χ1n) is 5.63. The van der Waals surface area contributed by atoms with Gasteiger partial charge >= 0.3 is 0 Å². The van der Waals surface area contributed by atoms with Crippen LogP contribution in [0.1, 0.15) is 30.0 Å². The van der Waals surface area contributed by atoms with E-state index in [-0.39, 0.29) is 5.56 Å². The molecule has 0 aliphatic heterocycles. The Morgan fingerprint density at radius 2 is 2.18 bits per heavy atom. The molecule has 0 unspecified atom stereocenters. The highest BCUT2D eigenvalue weighted by atomic mass is 16.1. The summed E-state index contributed by atoms with van der Waals surface area (Å²) in [5.74, 6) is 0.865. The summed E-state index contributed by atoms with van der Waals surface area (Å²) >= 11 is 0. The molecule has 1 saturated carbocycles. The van der Waals surface area contributed by atoms with Crippen molar-refractivity contribution >= 4 is 0 Å². The lowest BCUT2D eigenvalue weighted by molar-refractivity contribution is 0.976. The fourth-order valence-corrected chi connectivity index (χ4v) is 1.90. The topological polar surface area (TPSA) is 71.5 Å². The van der Waals surface area contributed by atoms with E-state index >= 15 is 0 Å². The van der Waals surface area contributed by atoms with Crippen LogP contribution in [0.4, 0.5) is 0 Å². The molecule has 2 aromatic rings. The number of aryl methyl sites for hydroxylation is 1. The average molecular weight is 228 g/mol. The van der Waals surface area contributed by atoms with Crippen LogP contribution in [0.25, 0.3) is 11.5 Å². The van der Waals surface area contributed by atoms with Gasteiger partial charge in [-0.05, 0) is 31.7 Å². The number of aromatic nitrogens is 4. The van der Waals surface area contributed by atoms with Gasteiger partial charge in [0.25, 0.3) is 5.56 Å². The molecule has 0 aromatic carbocycles. The number of H-pyrrole nitrogens is 1. The van der Waals surface area contributed by atoms with Crippen LogP contribution in [0.15, 0.2) is 23.4 Å². The molecule has 0 atom stereocenters. The number of nitrogens with one attached hydrogen (secondary N) is 1. The molecule has 5 nitrogen and oxygen atoms in total. The highest BCUT2D eigenvalue weighted by Crippen LogP contribution is 2.41. The number of rotatable bonds is 2. The van der Waals surface area contributed by atoms with Crippen molar-refractivity contribution in [3.63, 3.8) is 0 Å². The van der Waals surface area contributed by atoms with Gasteiger partial charge in [-0.2, -0.15) is 0 Å². The molecule has 86 valence electrons. The second-order valence-corrected chi connectivity index (χ2v) is 4.29. The lowest BCUT2D eigenvalue weighted by Gasteiger charge is -2.05. The summed E-state index contributed by atoms with van der Waals surface area (Å²) in [6.45, 7) is 1.90. The molecule has 0 radical (unpaired) electrons. The minimum Gasteiger partial charge on any atom is -0.313 e. The Kier molecular flexibility index (Phi) is 2.24. The Morgan fingerprint density at radius 1 is 1.35 bits per heavy atom. The van der Waals surface area contributed by atoms with Crippen LogP contribution in [0.5, 0.6) is 0 Å². The highest BCUT2D eigenvalue weighted by Gasteiger charge is 2.30. The number of nitrogens with zero attached hydrogens (tertiary/aromatic N) is 3. The first-order valence-corrected chi connectivity index (χ1v) is 5.63. The third kappa shape index (κ3) is 1.84. The molecule has 0 spiro atoms. The van der Waals surface area contributed by atoms with E-state index in [0.29, 0.717) is 17.4 Å². The van der Waals surface area contributed by atoms with E-state index in [4.69, 9.17) is 0 Å². The first kappa shape index (κ1) is 10.1. The zero-order valence-corrected chi connectivity index (χ0v) is 9.47. The Labute approximate surface area is 98.0 Å². The Morgan fingerprint density at radius 3 is 2.88 bits per heavy atom. The molecule has 1 fully saturated rings. The van der Waals surface area contributed by atoms with E-state index in [1.807, 2.05) is 13.0 Å². The van der Waals surface area contributed by atoms with Crippen molar-refractivity contribution in [1.82, 2.24) is 19.9 Å². The second-order valence-electron chi connectivity index (χ2n) is 4.29. The first-order chi connectivity index (χ1) is 8.25. The van der Waals surface area contributed by atoms with Crippen molar-refractivity contribution in [2.75, 3.05) is 0 Å². The Hall–Kier alpha value is -2.04. The summed E-state index contributed by atoms with van der Waals surface area (Å²) in [6, 6.07) is 1.83. The predicted octanol–water partition coefficient (Wildman–Crippen LogP) is 1.41. The van der Waals surface area contributed by atoms with Gasteiger partial charge in [-0.1, -0.05) is 0 Å². The van der Waals surface area contributed by atoms with Gasteiger partial charge in [0.05, 0.1) is 6.33 Å². The Bertz CT molecular complexity index is 616. The summed E-state index contributed by atoms with van der Waals surface area (Å²) in [7, 11) is 0. The molecule has 5 heteroatoms. The van der Waals surface area contributed by atoms with Gasteiger partial charge in [-0.3, -0.25) is 4.79 Å². The molecule has 0 saturated heterocycles. The molecule has 1 aliphatic rings. The predicted molar refractivity (Wildman–Crippen MR) is 62.6 cm³/mol. The maximum atomic E-state index is 11.8. The van der Waals surface area contributed by atoms with E-state index < -0.39 is 0 Å². The normalized spacial score (nSPS) is 14.9. The number of hydrogen-bond donors (Lipinski definition) is 1. The summed E-state index contributed by atoms with van der Waals surface area (Å²) in [5, 5.41) is 0. The van der Waals surface area contributed by atoms with Gasteiger partial charge in [0.1, 0.15) is 5.69 Å². The highest BCUT2D eigenvalue weighted by molar-refractivity contribution is 5.55. The van der Waals surface area contributed by atoms with Crippen LogP contribution in [0.3, 0.4) is 0 Å². The molecule has 1 N–H and O–H groups in total. The molecule has 3 rings (SSSR count). The van der Waals surface area contributed by atoms with Crippen molar-refractivity contribution < 1.29 is 0 Å².